The fourth-order valence-corrected chi connectivity index (χ4v) is 2.21. The number of benzene rings is 1. The van der Waals surface area contributed by atoms with Gasteiger partial charge in [0.05, 0.1) is 7.11 Å². The predicted molar refractivity (Wildman–Crippen MR) is 90.3 cm³/mol. The standard InChI is InChI=1S/C18H18N4O/c1-13-10-16(19-11-14-6-4-3-5-7-14)22-18(21-13)15-8-9-17(23-2)20-12-15/h3-10,12H,11H2,1-2H3,(H,19,21,22). The summed E-state index contributed by atoms with van der Waals surface area (Å²) in [5.74, 6) is 2.02. The first-order chi connectivity index (χ1) is 11.2. The fraction of sp³-hybridized carbons (Fsp3) is 0.167. The van der Waals surface area contributed by atoms with Gasteiger partial charge in [-0.25, -0.2) is 15.0 Å². The zero-order valence-electron chi connectivity index (χ0n) is 13.2. The van der Waals surface area contributed by atoms with Crippen molar-refractivity contribution in [3.63, 3.8) is 0 Å². The van der Waals surface area contributed by atoms with Crippen LogP contribution in [0.25, 0.3) is 11.4 Å². The van der Waals surface area contributed by atoms with E-state index in [9.17, 15) is 0 Å². The molecule has 0 radical (unpaired) electrons. The second kappa shape index (κ2) is 6.87. The first-order valence-electron chi connectivity index (χ1n) is 7.38. The Morgan fingerprint density at radius 3 is 2.57 bits per heavy atom. The van der Waals surface area contributed by atoms with Gasteiger partial charge in [-0.3, -0.25) is 0 Å². The number of nitrogens with one attached hydrogen (secondary N) is 1. The van der Waals surface area contributed by atoms with Crippen LogP contribution in [0.15, 0.2) is 54.7 Å². The summed E-state index contributed by atoms with van der Waals surface area (Å²) in [6.45, 7) is 2.67. The fourth-order valence-electron chi connectivity index (χ4n) is 2.21. The van der Waals surface area contributed by atoms with E-state index in [1.54, 1.807) is 19.4 Å². The summed E-state index contributed by atoms with van der Waals surface area (Å²) in [4.78, 5) is 13.3. The lowest BCUT2D eigenvalue weighted by Crippen LogP contribution is -2.04. The van der Waals surface area contributed by atoms with Gasteiger partial charge in [-0.15, -0.1) is 0 Å². The van der Waals surface area contributed by atoms with Gasteiger partial charge in [0.25, 0.3) is 0 Å². The highest BCUT2D eigenvalue weighted by Gasteiger charge is 2.06. The van der Waals surface area contributed by atoms with E-state index in [4.69, 9.17) is 4.74 Å². The normalized spacial score (nSPS) is 10.3. The molecule has 0 amide bonds. The first-order valence-corrected chi connectivity index (χ1v) is 7.38. The Morgan fingerprint density at radius 2 is 1.87 bits per heavy atom. The van der Waals surface area contributed by atoms with Crippen molar-refractivity contribution in [2.45, 2.75) is 13.5 Å². The monoisotopic (exact) mass is 306 g/mol. The number of anilines is 1. The van der Waals surface area contributed by atoms with Crippen LogP contribution in [-0.2, 0) is 6.54 Å². The highest BCUT2D eigenvalue weighted by Crippen LogP contribution is 2.19. The van der Waals surface area contributed by atoms with E-state index < -0.39 is 0 Å². The number of ether oxygens (including phenoxy) is 1. The SMILES string of the molecule is COc1ccc(-c2nc(C)cc(NCc3ccccc3)n2)cn1. The lowest BCUT2D eigenvalue weighted by molar-refractivity contribution is 0.398. The molecule has 0 aliphatic heterocycles. The largest absolute Gasteiger partial charge is 0.481 e. The minimum Gasteiger partial charge on any atom is -0.481 e. The molecule has 0 spiro atoms. The summed E-state index contributed by atoms with van der Waals surface area (Å²) < 4.78 is 5.08. The number of hydrogen-bond acceptors (Lipinski definition) is 5. The highest BCUT2D eigenvalue weighted by atomic mass is 16.5. The van der Waals surface area contributed by atoms with Crippen LogP contribution in [0, 0.1) is 6.92 Å². The Hall–Kier alpha value is -2.95. The topological polar surface area (TPSA) is 59.9 Å². The summed E-state index contributed by atoms with van der Waals surface area (Å²) in [7, 11) is 1.59. The molecule has 0 bridgehead atoms. The van der Waals surface area contributed by atoms with Crippen molar-refractivity contribution in [1.82, 2.24) is 15.0 Å². The lowest BCUT2D eigenvalue weighted by Gasteiger charge is -2.09. The van der Waals surface area contributed by atoms with Crippen LogP contribution in [0.1, 0.15) is 11.3 Å². The number of aromatic nitrogens is 3. The van der Waals surface area contributed by atoms with E-state index in [-0.39, 0.29) is 0 Å². The van der Waals surface area contributed by atoms with Crippen molar-refractivity contribution in [3.05, 3.63) is 66.0 Å². The van der Waals surface area contributed by atoms with E-state index in [0.717, 1.165) is 23.6 Å². The Kier molecular flexibility index (Phi) is 4.47. The second-order valence-corrected chi connectivity index (χ2v) is 5.15. The maximum absolute atomic E-state index is 5.08. The average Bonchev–Trinajstić information content (AvgIpc) is 2.60. The van der Waals surface area contributed by atoms with E-state index in [0.29, 0.717) is 11.7 Å². The van der Waals surface area contributed by atoms with Crippen molar-refractivity contribution >= 4 is 5.82 Å². The van der Waals surface area contributed by atoms with Crippen LogP contribution in [0.3, 0.4) is 0 Å². The molecule has 5 heteroatoms. The number of hydrogen-bond donors (Lipinski definition) is 1. The molecular weight excluding hydrogens is 288 g/mol. The molecule has 3 rings (SSSR count). The number of aryl methyl sites for hydroxylation is 1. The Bertz CT molecular complexity index is 773. The molecule has 0 saturated carbocycles. The quantitative estimate of drug-likeness (QED) is 0.782. The third-order valence-corrected chi connectivity index (χ3v) is 3.37. The van der Waals surface area contributed by atoms with Crippen molar-refractivity contribution in [2.75, 3.05) is 12.4 Å². The smallest absolute Gasteiger partial charge is 0.212 e. The molecule has 1 aromatic carbocycles. The van der Waals surface area contributed by atoms with Crippen LogP contribution in [0.2, 0.25) is 0 Å². The van der Waals surface area contributed by atoms with Crippen LogP contribution < -0.4 is 10.1 Å². The second-order valence-electron chi connectivity index (χ2n) is 5.15. The lowest BCUT2D eigenvalue weighted by atomic mass is 10.2. The minimum atomic E-state index is 0.573. The number of pyridine rings is 1. The van der Waals surface area contributed by atoms with Gasteiger partial charge >= 0.3 is 0 Å². The molecule has 5 nitrogen and oxygen atoms in total. The van der Waals surface area contributed by atoms with E-state index in [1.165, 1.54) is 5.56 Å². The Balaban J connectivity index is 1.80. The highest BCUT2D eigenvalue weighted by molar-refractivity contribution is 5.57. The predicted octanol–water partition coefficient (Wildman–Crippen LogP) is 3.47. The Labute approximate surface area is 135 Å². The number of rotatable bonds is 5. The molecule has 1 N–H and O–H groups in total. The third-order valence-electron chi connectivity index (χ3n) is 3.37. The van der Waals surface area contributed by atoms with Gasteiger partial charge in [0, 0.05) is 36.1 Å². The molecule has 2 heterocycles. The molecule has 0 aliphatic rings. The third kappa shape index (κ3) is 3.83. The van der Waals surface area contributed by atoms with Crippen LogP contribution in [0.4, 0.5) is 5.82 Å². The van der Waals surface area contributed by atoms with Gasteiger partial charge in [-0.1, -0.05) is 30.3 Å². The zero-order chi connectivity index (χ0) is 16.1. The Morgan fingerprint density at radius 1 is 1.04 bits per heavy atom. The van der Waals surface area contributed by atoms with E-state index in [2.05, 4.69) is 32.4 Å². The van der Waals surface area contributed by atoms with Crippen molar-refractivity contribution in [3.8, 4) is 17.3 Å². The molecule has 116 valence electrons. The molecule has 0 aliphatic carbocycles. The summed E-state index contributed by atoms with van der Waals surface area (Å²) in [5.41, 5.74) is 2.97. The van der Waals surface area contributed by atoms with E-state index in [1.807, 2.05) is 37.3 Å². The van der Waals surface area contributed by atoms with Crippen LogP contribution in [0.5, 0.6) is 5.88 Å². The molecule has 0 unspecified atom stereocenters. The molecule has 2 aromatic heterocycles. The van der Waals surface area contributed by atoms with E-state index >= 15 is 0 Å². The molecule has 23 heavy (non-hydrogen) atoms. The van der Waals surface area contributed by atoms with Gasteiger partial charge in [-0.2, -0.15) is 0 Å². The molecule has 0 atom stereocenters. The van der Waals surface area contributed by atoms with Crippen LogP contribution in [-0.4, -0.2) is 22.1 Å². The molecule has 3 aromatic rings. The van der Waals surface area contributed by atoms with Gasteiger partial charge in [-0.05, 0) is 18.6 Å². The van der Waals surface area contributed by atoms with Crippen molar-refractivity contribution in [2.24, 2.45) is 0 Å². The molecule has 0 fully saturated rings. The van der Waals surface area contributed by atoms with Gasteiger partial charge < -0.3 is 10.1 Å². The van der Waals surface area contributed by atoms with Crippen molar-refractivity contribution < 1.29 is 4.74 Å². The van der Waals surface area contributed by atoms with Crippen LogP contribution >= 0.6 is 0 Å². The average molecular weight is 306 g/mol. The number of methoxy groups -OCH3 is 1. The number of nitrogens with zero attached hydrogens (tertiary/aromatic N) is 3. The summed E-state index contributed by atoms with van der Waals surface area (Å²) in [6, 6.07) is 15.9. The minimum absolute atomic E-state index is 0.573. The summed E-state index contributed by atoms with van der Waals surface area (Å²) in [6.07, 6.45) is 1.72. The van der Waals surface area contributed by atoms with Gasteiger partial charge in [0.1, 0.15) is 5.82 Å². The maximum atomic E-state index is 5.08. The molecule has 0 saturated heterocycles. The van der Waals surface area contributed by atoms with Gasteiger partial charge in [0.15, 0.2) is 5.82 Å². The van der Waals surface area contributed by atoms with Crippen molar-refractivity contribution in [1.29, 1.82) is 0 Å². The zero-order valence-corrected chi connectivity index (χ0v) is 13.2. The first kappa shape index (κ1) is 15.0. The summed E-state index contributed by atoms with van der Waals surface area (Å²) in [5, 5.41) is 3.34. The maximum Gasteiger partial charge on any atom is 0.212 e. The molecular formula is C18H18N4O. The summed E-state index contributed by atoms with van der Waals surface area (Å²) >= 11 is 0. The van der Waals surface area contributed by atoms with Gasteiger partial charge in [0.2, 0.25) is 5.88 Å².